The molecule has 1 aromatic heterocycles. The van der Waals surface area contributed by atoms with E-state index >= 15 is 0 Å². The molecule has 22 heavy (non-hydrogen) atoms. The number of methoxy groups -OCH3 is 1. The number of aromatic nitrogens is 2. The quantitative estimate of drug-likeness (QED) is 0.799. The van der Waals surface area contributed by atoms with E-state index in [4.69, 9.17) is 4.74 Å². The maximum atomic E-state index is 9.23. The first-order valence-electron chi connectivity index (χ1n) is 6.83. The Kier molecular flexibility index (Phi) is 3.84. The minimum atomic E-state index is 0.501. The lowest BCUT2D eigenvalue weighted by Gasteiger charge is -2.12. The summed E-state index contributed by atoms with van der Waals surface area (Å²) >= 11 is 0. The van der Waals surface area contributed by atoms with Crippen LogP contribution in [0.4, 0.5) is 5.82 Å². The molecule has 108 valence electrons. The highest BCUT2D eigenvalue weighted by atomic mass is 16.5. The lowest BCUT2D eigenvalue weighted by molar-refractivity contribution is 0.419. The van der Waals surface area contributed by atoms with Gasteiger partial charge in [0.05, 0.1) is 23.6 Å². The fourth-order valence-corrected chi connectivity index (χ4v) is 2.32. The van der Waals surface area contributed by atoms with E-state index in [1.165, 1.54) is 6.33 Å². The van der Waals surface area contributed by atoms with Crippen molar-refractivity contribution in [2.45, 2.75) is 6.54 Å². The third kappa shape index (κ3) is 2.54. The van der Waals surface area contributed by atoms with E-state index in [0.29, 0.717) is 29.2 Å². The number of anilines is 1. The molecule has 5 nitrogen and oxygen atoms in total. The van der Waals surface area contributed by atoms with Gasteiger partial charge in [-0.15, -0.1) is 0 Å². The number of benzene rings is 2. The van der Waals surface area contributed by atoms with Gasteiger partial charge in [0.25, 0.3) is 0 Å². The number of hydrogen-bond acceptors (Lipinski definition) is 5. The first kappa shape index (κ1) is 13.8. The van der Waals surface area contributed by atoms with Crippen LogP contribution in [0.1, 0.15) is 11.1 Å². The number of rotatable bonds is 4. The van der Waals surface area contributed by atoms with Crippen molar-refractivity contribution in [3.8, 4) is 11.8 Å². The second-order valence-electron chi connectivity index (χ2n) is 4.71. The fraction of sp³-hybridized carbons (Fsp3) is 0.118. The lowest BCUT2D eigenvalue weighted by atomic mass is 10.1. The Morgan fingerprint density at radius 2 is 1.95 bits per heavy atom. The molecule has 0 fully saturated rings. The molecule has 0 saturated heterocycles. The summed E-state index contributed by atoms with van der Waals surface area (Å²) in [6.45, 7) is 0.632. The molecular formula is C17H14N4O. The first-order valence-corrected chi connectivity index (χ1v) is 6.83. The summed E-state index contributed by atoms with van der Waals surface area (Å²) in [7, 11) is 1.59. The Balaban J connectivity index is 2.04. The van der Waals surface area contributed by atoms with E-state index in [9.17, 15) is 5.26 Å². The number of nitrogens with one attached hydrogen (secondary N) is 1. The zero-order chi connectivity index (χ0) is 15.4. The summed E-state index contributed by atoms with van der Waals surface area (Å²) in [6.07, 6.45) is 1.45. The predicted molar refractivity (Wildman–Crippen MR) is 84.6 cm³/mol. The topological polar surface area (TPSA) is 70.8 Å². The van der Waals surface area contributed by atoms with Crippen molar-refractivity contribution in [2.75, 3.05) is 12.4 Å². The van der Waals surface area contributed by atoms with Crippen LogP contribution in [0.2, 0.25) is 0 Å². The SMILES string of the molecule is COc1ccc(C#N)c2ncnc(NCc3ccccc3)c12. The molecule has 1 heterocycles. The highest BCUT2D eigenvalue weighted by Crippen LogP contribution is 2.31. The highest BCUT2D eigenvalue weighted by molar-refractivity contribution is 5.97. The van der Waals surface area contributed by atoms with Crippen LogP contribution in [0.15, 0.2) is 48.8 Å². The van der Waals surface area contributed by atoms with E-state index in [0.717, 1.165) is 10.9 Å². The summed E-state index contributed by atoms with van der Waals surface area (Å²) in [5.74, 6) is 1.30. The van der Waals surface area contributed by atoms with Crippen molar-refractivity contribution in [3.05, 3.63) is 59.9 Å². The van der Waals surface area contributed by atoms with Gasteiger partial charge in [0.2, 0.25) is 0 Å². The van der Waals surface area contributed by atoms with Gasteiger partial charge in [-0.1, -0.05) is 30.3 Å². The normalized spacial score (nSPS) is 10.2. The second kappa shape index (κ2) is 6.10. The van der Waals surface area contributed by atoms with Crippen molar-refractivity contribution in [2.24, 2.45) is 0 Å². The predicted octanol–water partition coefficient (Wildman–Crippen LogP) is 3.12. The number of nitriles is 1. The maximum absolute atomic E-state index is 9.23. The molecule has 0 atom stereocenters. The van der Waals surface area contributed by atoms with Gasteiger partial charge in [-0.2, -0.15) is 5.26 Å². The van der Waals surface area contributed by atoms with E-state index in [-0.39, 0.29) is 0 Å². The summed E-state index contributed by atoms with van der Waals surface area (Å²) < 4.78 is 5.39. The number of ether oxygens (including phenoxy) is 1. The van der Waals surface area contributed by atoms with Crippen LogP contribution >= 0.6 is 0 Å². The van der Waals surface area contributed by atoms with Crippen LogP contribution in [-0.2, 0) is 6.54 Å². The molecule has 5 heteroatoms. The molecule has 0 unspecified atom stereocenters. The minimum absolute atomic E-state index is 0.501. The molecule has 0 bridgehead atoms. The van der Waals surface area contributed by atoms with Crippen LogP contribution in [0.3, 0.4) is 0 Å². The lowest BCUT2D eigenvalue weighted by Crippen LogP contribution is -2.04. The number of fused-ring (bicyclic) bond motifs is 1. The van der Waals surface area contributed by atoms with Gasteiger partial charge in [-0.3, -0.25) is 0 Å². The van der Waals surface area contributed by atoms with Crippen LogP contribution in [0.5, 0.6) is 5.75 Å². The number of nitrogens with zero attached hydrogens (tertiary/aromatic N) is 3. The zero-order valence-corrected chi connectivity index (χ0v) is 12.1. The van der Waals surface area contributed by atoms with Gasteiger partial charge in [-0.05, 0) is 17.7 Å². The van der Waals surface area contributed by atoms with Gasteiger partial charge in [0.15, 0.2) is 0 Å². The van der Waals surface area contributed by atoms with Gasteiger partial charge >= 0.3 is 0 Å². The van der Waals surface area contributed by atoms with Gasteiger partial charge in [0.1, 0.15) is 24.0 Å². The molecule has 3 rings (SSSR count). The average molecular weight is 290 g/mol. The van der Waals surface area contributed by atoms with Crippen molar-refractivity contribution >= 4 is 16.7 Å². The molecule has 0 saturated carbocycles. The van der Waals surface area contributed by atoms with E-state index < -0.39 is 0 Å². The Morgan fingerprint density at radius 1 is 1.14 bits per heavy atom. The summed E-state index contributed by atoms with van der Waals surface area (Å²) in [5.41, 5.74) is 2.23. The summed E-state index contributed by atoms with van der Waals surface area (Å²) in [6, 6.07) is 15.6. The Morgan fingerprint density at radius 3 is 2.68 bits per heavy atom. The third-order valence-corrected chi connectivity index (χ3v) is 3.39. The van der Waals surface area contributed by atoms with E-state index in [1.807, 2.05) is 30.3 Å². The molecule has 0 radical (unpaired) electrons. The summed E-state index contributed by atoms with van der Waals surface area (Å²) in [4.78, 5) is 8.52. The third-order valence-electron chi connectivity index (χ3n) is 3.39. The number of hydrogen-bond donors (Lipinski definition) is 1. The molecule has 0 aliphatic carbocycles. The van der Waals surface area contributed by atoms with E-state index in [2.05, 4.69) is 21.4 Å². The van der Waals surface area contributed by atoms with Crippen LogP contribution in [0, 0.1) is 11.3 Å². The van der Waals surface area contributed by atoms with Crippen molar-refractivity contribution in [1.29, 1.82) is 5.26 Å². The molecule has 0 spiro atoms. The fourth-order valence-electron chi connectivity index (χ4n) is 2.32. The van der Waals surface area contributed by atoms with Crippen molar-refractivity contribution < 1.29 is 4.74 Å². The Bertz CT molecular complexity index is 840. The van der Waals surface area contributed by atoms with Crippen LogP contribution < -0.4 is 10.1 Å². The monoisotopic (exact) mass is 290 g/mol. The van der Waals surface area contributed by atoms with Gasteiger partial charge in [-0.25, -0.2) is 9.97 Å². The molecule has 1 N–H and O–H groups in total. The molecule has 2 aromatic carbocycles. The molecule has 3 aromatic rings. The highest BCUT2D eigenvalue weighted by Gasteiger charge is 2.13. The van der Waals surface area contributed by atoms with Gasteiger partial charge < -0.3 is 10.1 Å². The van der Waals surface area contributed by atoms with E-state index in [1.54, 1.807) is 19.2 Å². The Labute approximate surface area is 128 Å². The van der Waals surface area contributed by atoms with Crippen molar-refractivity contribution in [1.82, 2.24) is 9.97 Å². The molecule has 0 amide bonds. The average Bonchev–Trinajstić information content (AvgIpc) is 2.59. The second-order valence-corrected chi connectivity index (χ2v) is 4.71. The van der Waals surface area contributed by atoms with Crippen molar-refractivity contribution in [3.63, 3.8) is 0 Å². The molecular weight excluding hydrogens is 276 g/mol. The van der Waals surface area contributed by atoms with Crippen LogP contribution in [-0.4, -0.2) is 17.1 Å². The Hall–Kier alpha value is -3.13. The largest absolute Gasteiger partial charge is 0.496 e. The molecule has 0 aliphatic heterocycles. The first-order chi connectivity index (χ1) is 10.8. The van der Waals surface area contributed by atoms with Crippen LogP contribution in [0.25, 0.3) is 10.9 Å². The summed E-state index contributed by atoms with van der Waals surface area (Å²) in [5, 5.41) is 13.2. The smallest absolute Gasteiger partial charge is 0.141 e. The standard InChI is InChI=1S/C17H14N4O/c1-22-14-8-7-13(9-18)16-15(14)17(21-11-20-16)19-10-12-5-3-2-4-6-12/h2-8,11H,10H2,1H3,(H,19,20,21). The minimum Gasteiger partial charge on any atom is -0.496 e. The maximum Gasteiger partial charge on any atom is 0.141 e. The zero-order valence-electron chi connectivity index (χ0n) is 12.1. The van der Waals surface area contributed by atoms with Gasteiger partial charge in [0, 0.05) is 6.54 Å². The molecule has 0 aliphatic rings.